The van der Waals surface area contributed by atoms with Crippen molar-refractivity contribution in [1.29, 1.82) is 5.26 Å². The number of nitrogens with zero attached hydrogens (tertiary/aromatic N) is 6. The normalized spacial score (nSPS) is 14.8. The van der Waals surface area contributed by atoms with E-state index in [9.17, 15) is 0 Å². The van der Waals surface area contributed by atoms with Crippen LogP contribution in [0.1, 0.15) is 30.9 Å². The predicted molar refractivity (Wildman–Crippen MR) is 129 cm³/mol. The van der Waals surface area contributed by atoms with Gasteiger partial charge in [-0.2, -0.15) is 10.4 Å². The first-order valence-corrected chi connectivity index (χ1v) is 11.8. The number of aryl methyl sites for hydroxylation is 1. The van der Waals surface area contributed by atoms with Gasteiger partial charge in [-0.15, -0.1) is 0 Å². The lowest BCUT2D eigenvalue weighted by atomic mass is 10.1. The zero-order chi connectivity index (χ0) is 23.2. The SMILES string of the molecule is Cc1cc(SNCCC#N)cc(-c2cnc(N)c(Oc3cnn(C4CCN(C)CC4)c3)n2)c1. The summed E-state index contributed by atoms with van der Waals surface area (Å²) in [5.74, 6) is 1.08. The van der Waals surface area contributed by atoms with E-state index in [1.165, 1.54) is 11.9 Å². The van der Waals surface area contributed by atoms with Crippen molar-refractivity contribution in [3.8, 4) is 29.0 Å². The Morgan fingerprint density at radius 3 is 2.88 bits per heavy atom. The maximum atomic E-state index is 8.69. The van der Waals surface area contributed by atoms with Crippen molar-refractivity contribution < 1.29 is 4.74 Å². The van der Waals surface area contributed by atoms with E-state index in [2.05, 4.69) is 43.9 Å². The fourth-order valence-electron chi connectivity index (χ4n) is 3.74. The van der Waals surface area contributed by atoms with E-state index in [0.29, 0.717) is 30.5 Å². The van der Waals surface area contributed by atoms with Crippen LogP contribution in [0.15, 0.2) is 41.7 Å². The van der Waals surface area contributed by atoms with Gasteiger partial charge in [0, 0.05) is 23.4 Å². The van der Waals surface area contributed by atoms with Crippen molar-refractivity contribution in [2.45, 2.75) is 37.1 Å². The van der Waals surface area contributed by atoms with Crippen LogP contribution in [-0.4, -0.2) is 51.3 Å². The lowest BCUT2D eigenvalue weighted by Gasteiger charge is -2.28. The Kier molecular flexibility index (Phi) is 7.44. The molecule has 1 saturated heterocycles. The largest absolute Gasteiger partial charge is 0.433 e. The van der Waals surface area contributed by atoms with Gasteiger partial charge in [-0.25, -0.2) is 9.97 Å². The zero-order valence-corrected chi connectivity index (χ0v) is 19.7. The molecule has 172 valence electrons. The van der Waals surface area contributed by atoms with E-state index >= 15 is 0 Å². The number of rotatable bonds is 8. The number of ether oxygens (including phenoxy) is 1. The number of nitrogen functional groups attached to an aromatic ring is 1. The standard InChI is InChI=1S/C23H28N8OS/c1-16-10-17(12-20(11-16)33-28-7-3-6-24)21-14-26-22(25)23(29-21)32-19-13-27-31(15-19)18-4-8-30(2)9-5-18/h10-15,18,28H,3-5,7-9H2,1-2H3,(H2,25,26). The zero-order valence-electron chi connectivity index (χ0n) is 18.9. The number of nitrogens with two attached hydrogens (primary N) is 1. The van der Waals surface area contributed by atoms with Gasteiger partial charge in [0.2, 0.25) is 0 Å². The van der Waals surface area contributed by atoms with E-state index < -0.39 is 0 Å². The lowest BCUT2D eigenvalue weighted by Crippen LogP contribution is -2.31. The monoisotopic (exact) mass is 464 g/mol. The summed E-state index contributed by atoms with van der Waals surface area (Å²) in [5.41, 5.74) is 8.74. The summed E-state index contributed by atoms with van der Waals surface area (Å²) in [6.07, 6.45) is 7.83. The van der Waals surface area contributed by atoms with Gasteiger partial charge in [-0.1, -0.05) is 0 Å². The third-order valence-corrected chi connectivity index (χ3v) is 6.32. The van der Waals surface area contributed by atoms with Crippen LogP contribution in [0.2, 0.25) is 0 Å². The van der Waals surface area contributed by atoms with Crippen molar-refractivity contribution in [1.82, 2.24) is 29.4 Å². The van der Waals surface area contributed by atoms with E-state index in [1.807, 2.05) is 29.9 Å². The number of anilines is 1. The molecule has 0 amide bonds. The Hall–Kier alpha value is -3.13. The molecule has 0 unspecified atom stereocenters. The second kappa shape index (κ2) is 10.7. The van der Waals surface area contributed by atoms with E-state index in [-0.39, 0.29) is 11.7 Å². The Morgan fingerprint density at radius 1 is 1.27 bits per heavy atom. The first-order chi connectivity index (χ1) is 16.0. The van der Waals surface area contributed by atoms with Gasteiger partial charge in [0.05, 0.1) is 36.4 Å². The van der Waals surface area contributed by atoms with Gasteiger partial charge in [0.1, 0.15) is 0 Å². The van der Waals surface area contributed by atoms with Crippen LogP contribution in [-0.2, 0) is 0 Å². The molecule has 1 aliphatic rings. The van der Waals surface area contributed by atoms with Gasteiger partial charge in [-0.3, -0.25) is 9.40 Å². The van der Waals surface area contributed by atoms with Crippen molar-refractivity contribution in [2.24, 2.45) is 0 Å². The van der Waals surface area contributed by atoms with Gasteiger partial charge in [0.25, 0.3) is 5.88 Å². The molecule has 9 nitrogen and oxygen atoms in total. The van der Waals surface area contributed by atoms with Crippen molar-refractivity contribution >= 4 is 17.8 Å². The maximum Gasteiger partial charge on any atom is 0.263 e. The summed E-state index contributed by atoms with van der Waals surface area (Å²) in [7, 11) is 2.14. The molecular weight excluding hydrogens is 436 g/mol. The average Bonchev–Trinajstić information content (AvgIpc) is 3.27. The summed E-state index contributed by atoms with van der Waals surface area (Å²) >= 11 is 1.49. The quantitative estimate of drug-likeness (QED) is 0.379. The molecule has 0 spiro atoms. The molecule has 10 heteroatoms. The summed E-state index contributed by atoms with van der Waals surface area (Å²) < 4.78 is 11.1. The van der Waals surface area contributed by atoms with Crippen LogP contribution in [0.3, 0.4) is 0 Å². The van der Waals surface area contributed by atoms with E-state index in [1.54, 1.807) is 12.4 Å². The number of hydrogen-bond donors (Lipinski definition) is 2. The fraction of sp³-hybridized carbons (Fsp3) is 0.391. The summed E-state index contributed by atoms with van der Waals surface area (Å²) in [5, 5.41) is 13.2. The topological polar surface area (TPSA) is 118 Å². The molecule has 1 fully saturated rings. The minimum Gasteiger partial charge on any atom is -0.433 e. The Balaban J connectivity index is 1.49. The highest BCUT2D eigenvalue weighted by molar-refractivity contribution is 7.97. The summed E-state index contributed by atoms with van der Waals surface area (Å²) in [6, 6.07) is 8.65. The number of hydrogen-bond acceptors (Lipinski definition) is 9. The molecule has 1 aromatic carbocycles. The first-order valence-electron chi connectivity index (χ1n) is 10.9. The molecule has 0 radical (unpaired) electrons. The van der Waals surface area contributed by atoms with Gasteiger partial charge < -0.3 is 15.4 Å². The van der Waals surface area contributed by atoms with E-state index in [0.717, 1.165) is 42.0 Å². The highest BCUT2D eigenvalue weighted by Gasteiger charge is 2.20. The third-order valence-electron chi connectivity index (χ3n) is 5.50. The van der Waals surface area contributed by atoms with Crippen molar-refractivity contribution in [3.63, 3.8) is 0 Å². The molecule has 0 saturated carbocycles. The number of nitriles is 1. The van der Waals surface area contributed by atoms with Crippen LogP contribution in [0.25, 0.3) is 11.3 Å². The number of likely N-dealkylation sites (tertiary alicyclic amines) is 1. The molecule has 4 rings (SSSR count). The molecule has 33 heavy (non-hydrogen) atoms. The molecule has 3 heterocycles. The average molecular weight is 465 g/mol. The molecule has 2 aromatic heterocycles. The lowest BCUT2D eigenvalue weighted by molar-refractivity contribution is 0.212. The smallest absolute Gasteiger partial charge is 0.263 e. The van der Waals surface area contributed by atoms with Crippen molar-refractivity contribution in [2.75, 3.05) is 32.4 Å². The Bertz CT molecular complexity index is 1130. The number of benzene rings is 1. The van der Waals surface area contributed by atoms with Crippen molar-refractivity contribution in [3.05, 3.63) is 42.4 Å². The summed E-state index contributed by atoms with van der Waals surface area (Å²) in [6.45, 7) is 4.77. The Labute approximate surface area is 198 Å². The van der Waals surface area contributed by atoms with Crippen LogP contribution in [0, 0.1) is 18.3 Å². The van der Waals surface area contributed by atoms with Crippen LogP contribution < -0.4 is 15.2 Å². The first kappa shape index (κ1) is 23.0. The van der Waals surface area contributed by atoms with Crippen LogP contribution >= 0.6 is 11.9 Å². The molecule has 0 aliphatic carbocycles. The predicted octanol–water partition coefficient (Wildman–Crippen LogP) is 3.80. The van der Waals surface area contributed by atoms with Gasteiger partial charge >= 0.3 is 0 Å². The van der Waals surface area contributed by atoms with E-state index in [4.69, 9.17) is 15.7 Å². The highest BCUT2D eigenvalue weighted by atomic mass is 32.2. The third kappa shape index (κ3) is 6.01. The molecule has 1 aliphatic heterocycles. The molecule has 0 atom stereocenters. The minimum atomic E-state index is 0.228. The molecule has 3 aromatic rings. The number of piperidine rings is 1. The van der Waals surface area contributed by atoms with Crippen LogP contribution in [0.5, 0.6) is 11.6 Å². The molecule has 0 bridgehead atoms. The summed E-state index contributed by atoms with van der Waals surface area (Å²) in [4.78, 5) is 12.3. The fourth-order valence-corrected chi connectivity index (χ4v) is 4.54. The maximum absolute atomic E-state index is 8.69. The molecular formula is C23H28N8OS. The van der Waals surface area contributed by atoms with Gasteiger partial charge in [-0.05, 0) is 75.6 Å². The molecule has 3 N–H and O–H groups in total. The Morgan fingerprint density at radius 2 is 2.09 bits per heavy atom. The second-order valence-electron chi connectivity index (χ2n) is 8.18. The minimum absolute atomic E-state index is 0.228. The number of aromatic nitrogens is 4. The van der Waals surface area contributed by atoms with Gasteiger partial charge in [0.15, 0.2) is 11.6 Å². The number of nitrogens with one attached hydrogen (secondary N) is 1. The highest BCUT2D eigenvalue weighted by Crippen LogP contribution is 2.30. The van der Waals surface area contributed by atoms with Crippen LogP contribution in [0.4, 0.5) is 5.82 Å². The second-order valence-corrected chi connectivity index (χ2v) is 9.14.